The van der Waals surface area contributed by atoms with E-state index in [1.54, 1.807) is 6.92 Å². The zero-order valence-corrected chi connectivity index (χ0v) is 20.2. The van der Waals surface area contributed by atoms with E-state index in [1.807, 2.05) is 0 Å². The minimum absolute atomic E-state index is 0.343. The van der Waals surface area contributed by atoms with Crippen LogP contribution in [0.4, 0.5) is 0 Å². The zero-order valence-electron chi connectivity index (χ0n) is 19.4. The van der Waals surface area contributed by atoms with Crippen LogP contribution in [0.25, 0.3) is 0 Å². The van der Waals surface area contributed by atoms with E-state index in [2.05, 4.69) is 6.92 Å². The highest BCUT2D eigenvalue weighted by Gasteiger charge is 2.21. The van der Waals surface area contributed by atoms with Gasteiger partial charge in [0.25, 0.3) is 10.1 Å². The Hall–Kier alpha value is -0.130. The molecule has 176 valence electrons. The van der Waals surface area contributed by atoms with Crippen molar-refractivity contribution < 1.29 is 18.1 Å². The molecule has 0 rings (SSSR count). The average Bonchev–Trinajstić information content (AvgIpc) is 2.67. The van der Waals surface area contributed by atoms with Crippen LogP contribution in [0.2, 0.25) is 0 Å². The van der Waals surface area contributed by atoms with Gasteiger partial charge in [0.15, 0.2) is 0 Å². The van der Waals surface area contributed by atoms with Gasteiger partial charge in [0.2, 0.25) is 0 Å². The molecule has 29 heavy (non-hydrogen) atoms. The zero-order chi connectivity index (χ0) is 21.8. The summed E-state index contributed by atoms with van der Waals surface area (Å²) in [4.78, 5) is 0. The van der Waals surface area contributed by atoms with E-state index >= 15 is 0 Å². The Labute approximate surface area is 182 Å². The molecule has 2 unspecified atom stereocenters. The molecule has 0 saturated heterocycles. The number of hydrogen-bond donors (Lipinski definition) is 2. The van der Waals surface area contributed by atoms with Crippen molar-refractivity contribution in [1.29, 1.82) is 0 Å². The second-order valence-electron chi connectivity index (χ2n) is 8.87. The van der Waals surface area contributed by atoms with Crippen molar-refractivity contribution in [2.45, 2.75) is 154 Å². The first-order valence-corrected chi connectivity index (χ1v) is 14.1. The fourth-order valence-corrected chi connectivity index (χ4v) is 4.87. The van der Waals surface area contributed by atoms with Crippen LogP contribution in [-0.4, -0.2) is 29.4 Å². The van der Waals surface area contributed by atoms with Crippen molar-refractivity contribution in [3.63, 3.8) is 0 Å². The minimum Gasteiger partial charge on any atom is -0.393 e. The molecule has 0 saturated carbocycles. The molecule has 0 aromatic carbocycles. The molecule has 0 aromatic rings. The van der Waals surface area contributed by atoms with Gasteiger partial charge in [-0.3, -0.25) is 4.55 Å². The molecule has 4 nitrogen and oxygen atoms in total. The Morgan fingerprint density at radius 3 is 1.31 bits per heavy atom. The second-order valence-corrected chi connectivity index (χ2v) is 10.6. The van der Waals surface area contributed by atoms with Crippen LogP contribution >= 0.6 is 0 Å². The Bertz CT molecular complexity index is 436. The van der Waals surface area contributed by atoms with E-state index in [0.717, 1.165) is 19.3 Å². The second kappa shape index (κ2) is 19.8. The van der Waals surface area contributed by atoms with Crippen LogP contribution in [0.15, 0.2) is 0 Å². The fraction of sp³-hybridized carbons (Fsp3) is 1.00. The number of aliphatic hydroxyl groups excluding tert-OH is 1. The third-order valence-corrected chi connectivity index (χ3v) is 7.50. The van der Waals surface area contributed by atoms with Crippen LogP contribution in [0.3, 0.4) is 0 Å². The van der Waals surface area contributed by atoms with Gasteiger partial charge in [-0.15, -0.1) is 0 Å². The lowest BCUT2D eigenvalue weighted by molar-refractivity contribution is 0.147. The summed E-state index contributed by atoms with van der Waals surface area (Å²) in [5.41, 5.74) is 0. The predicted octanol–water partition coefficient (Wildman–Crippen LogP) is 7.45. The molecule has 0 radical (unpaired) electrons. The first-order valence-electron chi connectivity index (χ1n) is 12.6. The van der Waals surface area contributed by atoms with E-state index in [-0.39, 0.29) is 0 Å². The Morgan fingerprint density at radius 1 is 0.586 bits per heavy atom. The average molecular weight is 435 g/mol. The molecule has 0 aliphatic rings. The van der Waals surface area contributed by atoms with E-state index in [4.69, 9.17) is 4.55 Å². The van der Waals surface area contributed by atoms with Crippen LogP contribution < -0.4 is 0 Å². The normalized spacial score (nSPS) is 14.2. The van der Waals surface area contributed by atoms with E-state index in [9.17, 15) is 13.5 Å². The molecular formula is C24H50O4S. The highest BCUT2D eigenvalue weighted by molar-refractivity contribution is 7.86. The van der Waals surface area contributed by atoms with E-state index < -0.39 is 21.5 Å². The van der Waals surface area contributed by atoms with Crippen molar-refractivity contribution in [3.05, 3.63) is 0 Å². The number of hydrogen-bond acceptors (Lipinski definition) is 3. The summed E-state index contributed by atoms with van der Waals surface area (Å²) in [6.07, 6.45) is 22.8. The summed E-state index contributed by atoms with van der Waals surface area (Å²) < 4.78 is 31.4. The monoisotopic (exact) mass is 434 g/mol. The largest absolute Gasteiger partial charge is 0.393 e. The maximum absolute atomic E-state index is 11.2. The maximum atomic E-state index is 11.2. The highest BCUT2D eigenvalue weighted by Crippen LogP contribution is 2.17. The van der Waals surface area contributed by atoms with Gasteiger partial charge in [0.05, 0.1) is 11.4 Å². The van der Waals surface area contributed by atoms with Crippen molar-refractivity contribution in [1.82, 2.24) is 0 Å². The topological polar surface area (TPSA) is 74.6 Å². The first kappa shape index (κ1) is 28.9. The molecule has 0 aromatic heterocycles. The predicted molar refractivity (Wildman–Crippen MR) is 125 cm³/mol. The molecule has 2 atom stereocenters. The number of rotatable bonds is 22. The van der Waals surface area contributed by atoms with Crippen molar-refractivity contribution in [2.75, 3.05) is 0 Å². The summed E-state index contributed by atoms with van der Waals surface area (Å²) in [6, 6.07) is 0. The van der Waals surface area contributed by atoms with Crippen molar-refractivity contribution >= 4 is 10.1 Å². The van der Waals surface area contributed by atoms with E-state index in [0.29, 0.717) is 19.3 Å². The lowest BCUT2D eigenvalue weighted by atomic mass is 10.0. The Kier molecular flexibility index (Phi) is 19.7. The molecular weight excluding hydrogens is 384 g/mol. The van der Waals surface area contributed by atoms with Crippen LogP contribution in [-0.2, 0) is 10.1 Å². The van der Waals surface area contributed by atoms with Gasteiger partial charge in [0, 0.05) is 0 Å². The van der Waals surface area contributed by atoms with Gasteiger partial charge < -0.3 is 5.11 Å². The minimum atomic E-state index is -3.97. The standard InChI is InChI=1S/C24H50O4S/c1-3-5-6-7-8-9-10-11-12-13-14-15-16-17-18-19-20-23(25)21-22-24(4-2)29(26,27)28/h23-25H,3-22H2,1-2H3,(H,26,27,28). The summed E-state index contributed by atoms with van der Waals surface area (Å²) >= 11 is 0. The summed E-state index contributed by atoms with van der Waals surface area (Å²) in [5, 5.41) is 9.26. The molecule has 0 aliphatic heterocycles. The van der Waals surface area contributed by atoms with Crippen LogP contribution in [0.5, 0.6) is 0 Å². The van der Waals surface area contributed by atoms with Gasteiger partial charge in [-0.1, -0.05) is 117 Å². The Balaban J connectivity index is 3.32. The summed E-state index contributed by atoms with van der Waals surface area (Å²) in [6.45, 7) is 4.02. The molecule has 0 bridgehead atoms. The van der Waals surface area contributed by atoms with E-state index in [1.165, 1.54) is 89.9 Å². The maximum Gasteiger partial charge on any atom is 0.267 e. The molecule has 0 heterocycles. The quantitative estimate of drug-likeness (QED) is 0.137. The van der Waals surface area contributed by atoms with Gasteiger partial charge in [-0.25, -0.2) is 0 Å². The molecule has 0 amide bonds. The van der Waals surface area contributed by atoms with Crippen molar-refractivity contribution in [3.8, 4) is 0 Å². The smallest absolute Gasteiger partial charge is 0.267 e. The molecule has 2 N–H and O–H groups in total. The van der Waals surface area contributed by atoms with Gasteiger partial charge in [0.1, 0.15) is 0 Å². The van der Waals surface area contributed by atoms with Gasteiger partial charge in [-0.2, -0.15) is 8.42 Å². The SMILES string of the molecule is CCCCCCCCCCCCCCCCCCC(O)CCC(CC)S(=O)(=O)O. The van der Waals surface area contributed by atoms with Crippen molar-refractivity contribution in [2.24, 2.45) is 0 Å². The third kappa shape index (κ3) is 19.6. The Morgan fingerprint density at radius 2 is 0.966 bits per heavy atom. The molecule has 0 aliphatic carbocycles. The number of unbranched alkanes of at least 4 members (excludes halogenated alkanes) is 15. The lowest BCUT2D eigenvalue weighted by Gasteiger charge is -2.14. The molecule has 0 fully saturated rings. The third-order valence-electron chi connectivity index (χ3n) is 6.09. The summed E-state index contributed by atoms with van der Waals surface area (Å²) in [5.74, 6) is 0. The van der Waals surface area contributed by atoms with Crippen LogP contribution in [0, 0.1) is 0 Å². The summed E-state index contributed by atoms with van der Waals surface area (Å²) in [7, 11) is -3.97. The van der Waals surface area contributed by atoms with Gasteiger partial charge in [-0.05, 0) is 25.7 Å². The van der Waals surface area contributed by atoms with Crippen LogP contribution in [0.1, 0.15) is 142 Å². The number of aliphatic hydroxyl groups is 1. The highest BCUT2D eigenvalue weighted by atomic mass is 32.2. The molecule has 0 spiro atoms. The fourth-order valence-electron chi connectivity index (χ4n) is 4.01. The van der Waals surface area contributed by atoms with Gasteiger partial charge >= 0.3 is 0 Å². The molecule has 5 heteroatoms. The lowest BCUT2D eigenvalue weighted by Crippen LogP contribution is -2.21. The first-order chi connectivity index (χ1) is 13.9.